The van der Waals surface area contributed by atoms with Crippen LogP contribution in [-0.2, 0) is 9.47 Å². The lowest BCUT2D eigenvalue weighted by molar-refractivity contribution is 0.00697. The van der Waals surface area contributed by atoms with Crippen molar-refractivity contribution in [1.29, 1.82) is 5.26 Å². The molecule has 1 saturated heterocycles. The van der Waals surface area contributed by atoms with Gasteiger partial charge in [0.05, 0.1) is 36.2 Å². The van der Waals surface area contributed by atoms with Crippen molar-refractivity contribution in [3.05, 3.63) is 65.9 Å². The highest BCUT2D eigenvalue weighted by molar-refractivity contribution is 5.97. The molecule has 0 saturated carbocycles. The van der Waals surface area contributed by atoms with E-state index in [4.69, 9.17) is 14.7 Å². The third-order valence-corrected chi connectivity index (χ3v) is 5.65. The highest BCUT2D eigenvalue weighted by Crippen LogP contribution is 2.29. The summed E-state index contributed by atoms with van der Waals surface area (Å²) in [5.41, 5.74) is 3.16. The van der Waals surface area contributed by atoms with Gasteiger partial charge in [0, 0.05) is 36.1 Å². The van der Waals surface area contributed by atoms with E-state index in [1.54, 1.807) is 42.6 Å². The van der Waals surface area contributed by atoms with E-state index in [-0.39, 0.29) is 12.5 Å². The van der Waals surface area contributed by atoms with Crippen LogP contribution in [0.3, 0.4) is 0 Å². The topological polar surface area (TPSA) is 129 Å². The number of nitrogens with one attached hydrogen (secondary N) is 2. The molecular formula is C28H30N6O4. The van der Waals surface area contributed by atoms with Crippen LogP contribution >= 0.6 is 0 Å². The summed E-state index contributed by atoms with van der Waals surface area (Å²) >= 11 is 0. The van der Waals surface area contributed by atoms with Gasteiger partial charge < -0.3 is 25.0 Å². The van der Waals surface area contributed by atoms with Crippen molar-refractivity contribution in [1.82, 2.24) is 15.3 Å². The normalized spacial score (nSPS) is 13.4. The third kappa shape index (κ3) is 6.83. The zero-order valence-electron chi connectivity index (χ0n) is 21.7. The number of aromatic nitrogens is 2. The molecule has 0 aliphatic carbocycles. The Bertz CT molecular complexity index is 1340. The van der Waals surface area contributed by atoms with Crippen LogP contribution < -0.4 is 15.5 Å². The smallest absolute Gasteiger partial charge is 0.340 e. The first kappa shape index (κ1) is 26.6. The van der Waals surface area contributed by atoms with Crippen molar-refractivity contribution >= 4 is 29.2 Å². The number of hydrogen-bond donors (Lipinski definition) is 2. The Kier molecular flexibility index (Phi) is 8.19. The molecule has 0 radical (unpaired) electrons. The summed E-state index contributed by atoms with van der Waals surface area (Å²) in [7, 11) is 0. The molecule has 1 aromatic heterocycles. The maximum Gasteiger partial charge on any atom is 0.340 e. The van der Waals surface area contributed by atoms with E-state index in [1.165, 1.54) is 0 Å². The lowest BCUT2D eigenvalue weighted by Gasteiger charge is -2.31. The van der Waals surface area contributed by atoms with Crippen molar-refractivity contribution in [2.45, 2.75) is 26.4 Å². The van der Waals surface area contributed by atoms with E-state index in [0.29, 0.717) is 54.8 Å². The van der Waals surface area contributed by atoms with Gasteiger partial charge in [-0.3, -0.25) is 4.79 Å². The number of benzene rings is 2. The Labute approximate surface area is 221 Å². The molecule has 196 valence electrons. The zero-order valence-corrected chi connectivity index (χ0v) is 21.7. The molecule has 0 atom stereocenters. The first-order valence-corrected chi connectivity index (χ1v) is 12.3. The number of nitrogens with zero attached hydrogens (tertiary/aromatic N) is 4. The van der Waals surface area contributed by atoms with Crippen molar-refractivity contribution < 1.29 is 19.1 Å². The molecule has 38 heavy (non-hydrogen) atoms. The first-order chi connectivity index (χ1) is 18.2. The van der Waals surface area contributed by atoms with E-state index >= 15 is 0 Å². The highest BCUT2D eigenvalue weighted by atomic mass is 16.6. The predicted molar refractivity (Wildman–Crippen MR) is 143 cm³/mol. The largest absolute Gasteiger partial charge is 0.456 e. The minimum absolute atomic E-state index is 0.0510. The van der Waals surface area contributed by atoms with E-state index in [0.717, 1.165) is 11.3 Å². The minimum Gasteiger partial charge on any atom is -0.456 e. The number of morpholine rings is 1. The first-order valence-electron chi connectivity index (χ1n) is 12.3. The van der Waals surface area contributed by atoms with Crippen LogP contribution in [0.25, 0.3) is 11.3 Å². The van der Waals surface area contributed by atoms with Gasteiger partial charge >= 0.3 is 5.97 Å². The van der Waals surface area contributed by atoms with Gasteiger partial charge in [0.25, 0.3) is 5.91 Å². The molecule has 10 nitrogen and oxygen atoms in total. The van der Waals surface area contributed by atoms with Gasteiger partial charge in [-0.2, -0.15) is 5.26 Å². The molecule has 3 aromatic rings. The summed E-state index contributed by atoms with van der Waals surface area (Å²) in [6.45, 7) is 8.04. The molecule has 2 heterocycles. The summed E-state index contributed by atoms with van der Waals surface area (Å²) in [4.78, 5) is 36.2. The number of anilines is 3. The van der Waals surface area contributed by atoms with Gasteiger partial charge in [-0.1, -0.05) is 12.1 Å². The Morgan fingerprint density at radius 1 is 1.11 bits per heavy atom. The molecule has 4 rings (SSSR count). The number of hydrogen-bond acceptors (Lipinski definition) is 9. The maximum absolute atomic E-state index is 13.1. The van der Waals surface area contributed by atoms with Gasteiger partial charge in [-0.05, 0) is 57.2 Å². The molecule has 1 fully saturated rings. The summed E-state index contributed by atoms with van der Waals surface area (Å²) < 4.78 is 11.2. The van der Waals surface area contributed by atoms with Crippen LogP contribution in [0, 0.1) is 11.3 Å². The molecule has 0 spiro atoms. The molecule has 2 aromatic carbocycles. The lowest BCUT2D eigenvalue weighted by Crippen LogP contribution is -2.37. The van der Waals surface area contributed by atoms with Crippen LogP contribution in [0.1, 0.15) is 41.5 Å². The van der Waals surface area contributed by atoms with Gasteiger partial charge in [-0.25, -0.2) is 14.8 Å². The van der Waals surface area contributed by atoms with Crippen molar-refractivity contribution in [3.63, 3.8) is 0 Å². The Morgan fingerprint density at radius 2 is 1.84 bits per heavy atom. The van der Waals surface area contributed by atoms with Gasteiger partial charge in [0.1, 0.15) is 12.1 Å². The predicted octanol–water partition coefficient (Wildman–Crippen LogP) is 3.93. The van der Waals surface area contributed by atoms with E-state index in [9.17, 15) is 9.59 Å². The summed E-state index contributed by atoms with van der Waals surface area (Å²) in [5, 5.41) is 14.3. The average Bonchev–Trinajstić information content (AvgIpc) is 2.91. The second-order valence-corrected chi connectivity index (χ2v) is 9.64. The monoisotopic (exact) mass is 514 g/mol. The second-order valence-electron chi connectivity index (χ2n) is 9.64. The molecule has 0 bridgehead atoms. The number of esters is 1. The van der Waals surface area contributed by atoms with E-state index in [1.807, 2.05) is 39.0 Å². The molecular weight excluding hydrogens is 484 g/mol. The number of nitriles is 1. The molecule has 1 aliphatic heterocycles. The molecule has 1 amide bonds. The van der Waals surface area contributed by atoms with Crippen molar-refractivity contribution in [2.24, 2.45) is 0 Å². The minimum atomic E-state index is -0.633. The summed E-state index contributed by atoms with van der Waals surface area (Å²) in [5.74, 6) is -0.367. The molecule has 0 unspecified atom stereocenters. The van der Waals surface area contributed by atoms with Crippen LogP contribution in [-0.4, -0.2) is 60.3 Å². The van der Waals surface area contributed by atoms with E-state index < -0.39 is 11.6 Å². The van der Waals surface area contributed by atoms with Crippen LogP contribution in [0.4, 0.5) is 17.3 Å². The van der Waals surface area contributed by atoms with Crippen LogP contribution in [0.2, 0.25) is 0 Å². The number of carbonyl (C=O) groups is 2. The van der Waals surface area contributed by atoms with Gasteiger partial charge in [-0.15, -0.1) is 0 Å². The van der Waals surface area contributed by atoms with E-state index in [2.05, 4.69) is 25.5 Å². The fourth-order valence-corrected chi connectivity index (χ4v) is 3.91. The Morgan fingerprint density at radius 3 is 2.53 bits per heavy atom. The van der Waals surface area contributed by atoms with Gasteiger partial charge in [0.2, 0.25) is 5.95 Å². The number of rotatable bonds is 7. The zero-order chi connectivity index (χ0) is 27.1. The number of ether oxygens (including phenoxy) is 2. The Balaban J connectivity index is 1.56. The summed E-state index contributed by atoms with van der Waals surface area (Å²) in [6, 6.07) is 16.1. The van der Waals surface area contributed by atoms with Crippen LogP contribution in [0.15, 0.2) is 54.7 Å². The maximum atomic E-state index is 13.1. The van der Waals surface area contributed by atoms with Crippen molar-refractivity contribution in [2.75, 3.05) is 43.1 Å². The van der Waals surface area contributed by atoms with Crippen molar-refractivity contribution in [3.8, 4) is 17.3 Å². The number of carbonyl (C=O) groups excluding carboxylic acids is 2. The van der Waals surface area contributed by atoms with Gasteiger partial charge in [0.15, 0.2) is 0 Å². The quantitative estimate of drug-likeness (QED) is 0.356. The summed E-state index contributed by atoms with van der Waals surface area (Å²) in [6.07, 6.45) is 1.63. The lowest BCUT2D eigenvalue weighted by atomic mass is 10.1. The fourth-order valence-electron chi connectivity index (χ4n) is 3.91. The fraction of sp³-hybridized carbons (Fsp3) is 0.321. The number of amides is 1. The Hall–Kier alpha value is -4.49. The third-order valence-electron chi connectivity index (χ3n) is 5.65. The average molecular weight is 515 g/mol. The second kappa shape index (κ2) is 11.7. The molecule has 2 N–H and O–H groups in total. The molecule has 10 heteroatoms. The molecule has 1 aliphatic rings. The highest BCUT2D eigenvalue weighted by Gasteiger charge is 2.24. The standard InChI is InChI=1S/C28H30N6O4/c1-28(2,3)38-26(36)22-18-21(8-9-24(22)34-14-16-37-17-15-34)32-27-31-12-10-23(33-27)19-4-6-20(7-5-19)25(35)30-13-11-29/h4-10,12,18H,13-17H2,1-3H3,(H,30,35)(H,31,32,33). The SMILES string of the molecule is CC(C)(C)OC(=O)c1cc(Nc2nccc(-c3ccc(C(=O)NCC#N)cc3)n2)ccc1N1CCOCC1. The van der Waals surface area contributed by atoms with Crippen LogP contribution in [0.5, 0.6) is 0 Å².